The van der Waals surface area contributed by atoms with E-state index in [1.165, 1.54) is 18.4 Å². The highest BCUT2D eigenvalue weighted by Crippen LogP contribution is 2.13. The van der Waals surface area contributed by atoms with Crippen molar-refractivity contribution in [3.05, 3.63) is 23.5 Å². The molecule has 0 saturated carbocycles. The van der Waals surface area contributed by atoms with Crippen molar-refractivity contribution in [2.45, 2.75) is 32.7 Å². The molecule has 0 aromatic carbocycles. The van der Waals surface area contributed by atoms with Crippen LogP contribution >= 0.6 is 0 Å². The molecule has 2 heterocycles. The predicted octanol–water partition coefficient (Wildman–Crippen LogP) is 2.23. The molecule has 0 aliphatic carbocycles. The van der Waals surface area contributed by atoms with Gasteiger partial charge in [0.1, 0.15) is 0 Å². The van der Waals surface area contributed by atoms with Crippen molar-refractivity contribution in [2.24, 2.45) is 0 Å². The lowest BCUT2D eigenvalue weighted by atomic mass is 10.1. The van der Waals surface area contributed by atoms with Crippen molar-refractivity contribution in [1.82, 2.24) is 15.1 Å². The summed E-state index contributed by atoms with van der Waals surface area (Å²) in [6.45, 7) is 6.46. The minimum Gasteiger partial charge on any atom is -0.313 e. The van der Waals surface area contributed by atoms with Crippen LogP contribution in [0.3, 0.4) is 0 Å². The summed E-state index contributed by atoms with van der Waals surface area (Å²) in [5, 5.41) is 7.90. The quantitative estimate of drug-likeness (QED) is 0.802. The third-order valence-corrected chi connectivity index (χ3v) is 2.71. The van der Waals surface area contributed by atoms with Gasteiger partial charge in [0.25, 0.3) is 0 Å². The molecule has 1 fully saturated rings. The van der Waals surface area contributed by atoms with Gasteiger partial charge in [0.05, 0.1) is 5.69 Å². The summed E-state index contributed by atoms with van der Waals surface area (Å²) in [6.07, 6.45) is 6.72. The van der Waals surface area contributed by atoms with Crippen LogP contribution in [0, 0.1) is 0 Å². The van der Waals surface area contributed by atoms with Crippen LogP contribution in [0.15, 0.2) is 17.8 Å². The zero-order valence-corrected chi connectivity index (χ0v) is 9.53. The molecule has 0 atom stereocenters. The van der Waals surface area contributed by atoms with Gasteiger partial charge in [-0.3, -0.25) is 4.68 Å². The van der Waals surface area contributed by atoms with Crippen LogP contribution in [-0.2, 0) is 0 Å². The Bertz CT molecular complexity index is 342. The maximum Gasteiger partial charge on any atom is 0.0851 e. The summed E-state index contributed by atoms with van der Waals surface area (Å²) in [4.78, 5) is 0. The average molecular weight is 205 g/mol. The van der Waals surface area contributed by atoms with Gasteiger partial charge in [-0.25, -0.2) is 0 Å². The Balaban J connectivity index is 2.08. The zero-order chi connectivity index (χ0) is 10.7. The summed E-state index contributed by atoms with van der Waals surface area (Å²) in [5.74, 6) is 0. The molecule has 0 amide bonds. The topological polar surface area (TPSA) is 29.9 Å². The summed E-state index contributed by atoms with van der Waals surface area (Å²) < 4.78 is 2.00. The van der Waals surface area contributed by atoms with E-state index < -0.39 is 0 Å². The standard InChI is InChI=1S/C12H19N3/c1-10(2)15-7-5-12(14-15)8-11-4-3-6-13-9-11/h5,7-8,10,13H,3-4,6,9H2,1-2H3. The molecule has 0 radical (unpaired) electrons. The molecule has 2 rings (SSSR count). The summed E-state index contributed by atoms with van der Waals surface area (Å²) >= 11 is 0. The van der Waals surface area contributed by atoms with E-state index in [-0.39, 0.29) is 0 Å². The maximum atomic E-state index is 4.52. The first kappa shape index (κ1) is 10.4. The second-order valence-electron chi connectivity index (χ2n) is 4.40. The monoisotopic (exact) mass is 205 g/mol. The Labute approximate surface area is 91.2 Å². The number of nitrogens with one attached hydrogen (secondary N) is 1. The van der Waals surface area contributed by atoms with Crippen LogP contribution in [0.25, 0.3) is 6.08 Å². The fourth-order valence-electron chi connectivity index (χ4n) is 1.83. The molecular weight excluding hydrogens is 186 g/mol. The van der Waals surface area contributed by atoms with E-state index in [0.29, 0.717) is 6.04 Å². The van der Waals surface area contributed by atoms with E-state index in [9.17, 15) is 0 Å². The van der Waals surface area contributed by atoms with Crippen LogP contribution in [0.2, 0.25) is 0 Å². The smallest absolute Gasteiger partial charge is 0.0851 e. The van der Waals surface area contributed by atoms with Crippen LogP contribution in [-0.4, -0.2) is 22.9 Å². The SMILES string of the molecule is CC(C)n1ccc(C=C2CCCNC2)n1. The van der Waals surface area contributed by atoms with Crippen LogP contribution in [0.5, 0.6) is 0 Å². The maximum absolute atomic E-state index is 4.52. The minimum absolute atomic E-state index is 0.446. The molecule has 1 aliphatic rings. The normalized spacial score (nSPS) is 20.1. The predicted molar refractivity (Wildman–Crippen MR) is 62.7 cm³/mol. The van der Waals surface area contributed by atoms with Crippen molar-refractivity contribution in [2.75, 3.05) is 13.1 Å². The number of nitrogens with zero attached hydrogens (tertiary/aromatic N) is 2. The average Bonchev–Trinajstić information content (AvgIpc) is 2.68. The van der Waals surface area contributed by atoms with Gasteiger partial charge in [-0.1, -0.05) is 5.57 Å². The van der Waals surface area contributed by atoms with Gasteiger partial charge in [0.2, 0.25) is 0 Å². The van der Waals surface area contributed by atoms with Gasteiger partial charge < -0.3 is 5.32 Å². The van der Waals surface area contributed by atoms with Gasteiger partial charge in [-0.2, -0.15) is 5.10 Å². The number of rotatable bonds is 2. The van der Waals surface area contributed by atoms with Gasteiger partial charge in [0, 0.05) is 18.8 Å². The Kier molecular flexibility index (Phi) is 3.21. The van der Waals surface area contributed by atoms with E-state index in [1.807, 2.05) is 10.9 Å². The lowest BCUT2D eigenvalue weighted by Gasteiger charge is -2.14. The number of piperidine rings is 1. The molecule has 0 bridgehead atoms. The molecule has 82 valence electrons. The van der Waals surface area contributed by atoms with Crippen molar-refractivity contribution >= 4 is 6.08 Å². The Morgan fingerprint density at radius 2 is 2.40 bits per heavy atom. The van der Waals surface area contributed by atoms with Gasteiger partial charge in [-0.05, 0) is 45.4 Å². The van der Waals surface area contributed by atoms with E-state index in [2.05, 4.69) is 36.4 Å². The Hall–Kier alpha value is -1.09. The van der Waals surface area contributed by atoms with Crippen LogP contribution in [0.1, 0.15) is 38.4 Å². The number of hydrogen-bond acceptors (Lipinski definition) is 2. The summed E-state index contributed by atoms with van der Waals surface area (Å²) in [5.41, 5.74) is 2.55. The Morgan fingerprint density at radius 1 is 1.53 bits per heavy atom. The highest BCUT2D eigenvalue weighted by molar-refractivity contribution is 5.49. The molecule has 1 N–H and O–H groups in total. The molecule has 1 aromatic rings. The van der Waals surface area contributed by atoms with Gasteiger partial charge >= 0.3 is 0 Å². The third-order valence-electron chi connectivity index (χ3n) is 2.71. The number of aromatic nitrogens is 2. The Morgan fingerprint density at radius 3 is 3.00 bits per heavy atom. The first-order valence-electron chi connectivity index (χ1n) is 5.71. The molecule has 1 aliphatic heterocycles. The van der Waals surface area contributed by atoms with Crippen LogP contribution < -0.4 is 5.32 Å². The summed E-state index contributed by atoms with van der Waals surface area (Å²) in [7, 11) is 0. The molecule has 3 nitrogen and oxygen atoms in total. The molecule has 1 saturated heterocycles. The molecule has 3 heteroatoms. The van der Waals surface area contributed by atoms with Gasteiger partial charge in [-0.15, -0.1) is 0 Å². The van der Waals surface area contributed by atoms with E-state index >= 15 is 0 Å². The second kappa shape index (κ2) is 4.62. The van der Waals surface area contributed by atoms with Crippen molar-refractivity contribution in [3.8, 4) is 0 Å². The van der Waals surface area contributed by atoms with E-state index in [0.717, 1.165) is 18.8 Å². The van der Waals surface area contributed by atoms with Crippen molar-refractivity contribution in [3.63, 3.8) is 0 Å². The van der Waals surface area contributed by atoms with E-state index in [1.54, 1.807) is 0 Å². The highest BCUT2D eigenvalue weighted by atomic mass is 15.3. The fraction of sp³-hybridized carbons (Fsp3) is 0.583. The molecular formula is C12H19N3. The number of hydrogen-bond donors (Lipinski definition) is 1. The molecule has 0 spiro atoms. The lowest BCUT2D eigenvalue weighted by molar-refractivity contribution is 0.531. The van der Waals surface area contributed by atoms with Crippen LogP contribution in [0.4, 0.5) is 0 Å². The minimum atomic E-state index is 0.446. The molecule has 15 heavy (non-hydrogen) atoms. The zero-order valence-electron chi connectivity index (χ0n) is 9.53. The van der Waals surface area contributed by atoms with Crippen molar-refractivity contribution < 1.29 is 0 Å². The molecule has 1 aromatic heterocycles. The largest absolute Gasteiger partial charge is 0.313 e. The van der Waals surface area contributed by atoms with Gasteiger partial charge in [0.15, 0.2) is 0 Å². The first-order valence-corrected chi connectivity index (χ1v) is 5.71. The third kappa shape index (κ3) is 2.69. The van der Waals surface area contributed by atoms with E-state index in [4.69, 9.17) is 0 Å². The first-order chi connectivity index (χ1) is 7.25. The van der Waals surface area contributed by atoms with Crippen molar-refractivity contribution in [1.29, 1.82) is 0 Å². The highest BCUT2D eigenvalue weighted by Gasteiger charge is 2.05. The fourth-order valence-corrected chi connectivity index (χ4v) is 1.83. The lowest BCUT2D eigenvalue weighted by Crippen LogP contribution is -2.23. The molecule has 0 unspecified atom stereocenters. The second-order valence-corrected chi connectivity index (χ2v) is 4.40. The summed E-state index contributed by atoms with van der Waals surface area (Å²) in [6, 6.07) is 2.53.